The number of nitrogens with two attached hydrogens (primary N) is 1. The molecule has 42 heavy (non-hydrogen) atoms. The van der Waals surface area contributed by atoms with E-state index in [0.717, 1.165) is 24.3 Å². The maximum absolute atomic E-state index is 13.6. The Labute approximate surface area is 256 Å². The summed E-state index contributed by atoms with van der Waals surface area (Å²) in [6.45, 7) is 14.3. The molecule has 2 N–H and O–H groups in total. The summed E-state index contributed by atoms with van der Waals surface area (Å²) in [6.07, 6.45) is 5.93. The molecule has 2 amide bonds. The Bertz CT molecular complexity index is 1090. The highest BCUT2D eigenvalue weighted by molar-refractivity contribution is 7.94. The molecule has 0 radical (unpaired) electrons. The van der Waals surface area contributed by atoms with E-state index in [1.54, 1.807) is 25.3 Å². The van der Waals surface area contributed by atoms with Gasteiger partial charge in [0.25, 0.3) is 5.91 Å². The van der Waals surface area contributed by atoms with Gasteiger partial charge in [-0.3, -0.25) is 9.59 Å². The minimum atomic E-state index is -0.0902. The van der Waals surface area contributed by atoms with Crippen LogP contribution in [0.25, 0.3) is 0 Å². The average molecular weight is 604 g/mol. The van der Waals surface area contributed by atoms with Crippen molar-refractivity contribution in [3.05, 3.63) is 47.2 Å². The molecule has 0 spiro atoms. The number of hydrogen-bond acceptors (Lipinski definition) is 9. The highest BCUT2D eigenvalue weighted by Crippen LogP contribution is 2.40. The van der Waals surface area contributed by atoms with E-state index in [9.17, 15) is 9.59 Å². The number of benzene rings is 1. The van der Waals surface area contributed by atoms with Crippen LogP contribution in [0.2, 0.25) is 0 Å². The Kier molecular flexibility index (Phi) is 16.5. The third-order valence-corrected chi connectivity index (χ3v) is 7.46. The minimum Gasteiger partial charge on any atom is -0.383 e. The summed E-state index contributed by atoms with van der Waals surface area (Å²) in [5.74, 6) is 1.58. The predicted molar refractivity (Wildman–Crippen MR) is 170 cm³/mol. The van der Waals surface area contributed by atoms with Crippen LogP contribution >= 0.6 is 12.0 Å². The summed E-state index contributed by atoms with van der Waals surface area (Å²) in [5.41, 5.74) is 9.16. The Hall–Kier alpha value is -2.70. The van der Waals surface area contributed by atoms with Crippen molar-refractivity contribution in [3.8, 4) is 0 Å². The molecule has 4 rings (SSSR count). The van der Waals surface area contributed by atoms with E-state index in [4.69, 9.17) is 24.7 Å². The van der Waals surface area contributed by atoms with Crippen LogP contribution in [0.5, 0.6) is 0 Å². The van der Waals surface area contributed by atoms with Gasteiger partial charge in [-0.15, -0.1) is 0 Å². The molecule has 10 nitrogen and oxygen atoms in total. The number of aromatic nitrogens is 1. The molecule has 1 saturated heterocycles. The van der Waals surface area contributed by atoms with Gasteiger partial charge in [0.2, 0.25) is 6.41 Å². The molecule has 1 aliphatic heterocycles. The minimum absolute atomic E-state index is 0.0902. The lowest BCUT2D eigenvalue weighted by Gasteiger charge is -2.36. The van der Waals surface area contributed by atoms with Crippen molar-refractivity contribution in [2.75, 3.05) is 69.4 Å². The molecule has 234 valence electrons. The Morgan fingerprint density at radius 2 is 1.83 bits per heavy atom. The summed E-state index contributed by atoms with van der Waals surface area (Å²) in [7, 11) is 1.58. The number of hydrogen-bond donors (Lipinski definition) is 1. The first-order chi connectivity index (χ1) is 20.5. The first-order valence-corrected chi connectivity index (χ1v) is 15.8. The van der Waals surface area contributed by atoms with Crippen LogP contribution in [0, 0.1) is 6.92 Å². The number of aryl methyl sites for hydroxylation is 1. The lowest BCUT2D eigenvalue weighted by atomic mass is 10.1. The molecular formula is C31H49N5O5S. The summed E-state index contributed by atoms with van der Waals surface area (Å²) in [5, 5.41) is 0. The molecule has 1 saturated carbocycles. The van der Waals surface area contributed by atoms with E-state index in [2.05, 4.69) is 17.9 Å². The van der Waals surface area contributed by atoms with Crippen molar-refractivity contribution in [1.82, 2.24) is 9.88 Å². The second kappa shape index (κ2) is 19.5. The van der Waals surface area contributed by atoms with Crippen molar-refractivity contribution in [3.63, 3.8) is 0 Å². The molecule has 2 aliphatic rings. The number of anilines is 2. The maximum atomic E-state index is 13.6. The van der Waals surface area contributed by atoms with Crippen molar-refractivity contribution in [1.29, 1.82) is 0 Å². The van der Waals surface area contributed by atoms with Gasteiger partial charge in [-0.25, -0.2) is 9.87 Å². The zero-order valence-electron chi connectivity index (χ0n) is 26.1. The standard InChI is InChI=1S/C27H37N5O5S.2C2H6/c1-20-16-22(21-4-5-21)18-29-26(20)30-9-11-31(12-10-30)27(34)24-7-6-23(32(19-33)13-15-35-2)17-25(24)38-37-36-14-3-8-28;2*1-2/h6-7,16-19,21H,3-5,8-15,28H2,1-2H3;2*1-2H3. The number of amides is 2. The third-order valence-electron chi connectivity index (χ3n) is 6.78. The number of nitrogens with zero attached hydrogens (tertiary/aromatic N) is 4. The normalized spacial score (nSPS) is 14.4. The van der Waals surface area contributed by atoms with Crippen LogP contribution in [0.3, 0.4) is 0 Å². The van der Waals surface area contributed by atoms with Crippen LogP contribution in [-0.4, -0.2) is 81.8 Å². The van der Waals surface area contributed by atoms with E-state index in [-0.39, 0.29) is 5.91 Å². The number of ether oxygens (including phenoxy) is 1. The molecule has 0 bridgehead atoms. The molecule has 1 aromatic heterocycles. The zero-order valence-corrected chi connectivity index (χ0v) is 27.0. The Balaban J connectivity index is 0.00000148. The van der Waals surface area contributed by atoms with Crippen LogP contribution in [0.1, 0.15) is 74.4 Å². The van der Waals surface area contributed by atoms with Gasteiger partial charge in [0.15, 0.2) is 0 Å². The van der Waals surface area contributed by atoms with E-state index in [0.29, 0.717) is 81.0 Å². The summed E-state index contributed by atoms with van der Waals surface area (Å²) in [4.78, 5) is 41.4. The van der Waals surface area contributed by atoms with Crippen molar-refractivity contribution < 1.29 is 23.5 Å². The predicted octanol–water partition coefficient (Wildman–Crippen LogP) is 5.20. The molecule has 2 fully saturated rings. The fraction of sp³-hybridized carbons (Fsp3) is 0.581. The number of piperazine rings is 1. The molecule has 0 atom stereocenters. The van der Waals surface area contributed by atoms with Gasteiger partial charge in [-0.05, 0) is 68.0 Å². The van der Waals surface area contributed by atoms with E-state index >= 15 is 0 Å². The zero-order chi connectivity index (χ0) is 30.9. The van der Waals surface area contributed by atoms with E-state index < -0.39 is 0 Å². The highest BCUT2D eigenvalue weighted by atomic mass is 32.2. The summed E-state index contributed by atoms with van der Waals surface area (Å²) < 4.78 is 10.4. The monoisotopic (exact) mass is 603 g/mol. The average Bonchev–Trinajstić information content (AvgIpc) is 3.89. The number of rotatable bonds is 14. The van der Waals surface area contributed by atoms with Crippen LogP contribution in [0.4, 0.5) is 11.5 Å². The van der Waals surface area contributed by atoms with Gasteiger partial charge >= 0.3 is 0 Å². The first-order valence-electron chi connectivity index (χ1n) is 15.1. The molecule has 2 heterocycles. The molecule has 0 unspecified atom stereocenters. The second-order valence-corrected chi connectivity index (χ2v) is 10.3. The van der Waals surface area contributed by atoms with Crippen LogP contribution < -0.4 is 15.5 Å². The van der Waals surface area contributed by atoms with Crippen LogP contribution in [-0.2, 0) is 18.8 Å². The molecule has 1 aromatic carbocycles. The lowest BCUT2D eigenvalue weighted by Crippen LogP contribution is -2.49. The van der Waals surface area contributed by atoms with Gasteiger partial charge in [-0.1, -0.05) is 33.8 Å². The number of pyridine rings is 1. The summed E-state index contributed by atoms with van der Waals surface area (Å²) >= 11 is 0.959. The molecule has 2 aromatic rings. The number of carbonyl (C=O) groups is 2. The van der Waals surface area contributed by atoms with E-state index in [1.807, 2.05) is 38.8 Å². The molecule has 1 aliphatic carbocycles. The van der Waals surface area contributed by atoms with Crippen molar-refractivity contribution in [2.24, 2.45) is 5.73 Å². The van der Waals surface area contributed by atoms with Crippen molar-refractivity contribution in [2.45, 2.75) is 64.7 Å². The van der Waals surface area contributed by atoms with Gasteiger partial charge in [0, 0.05) is 51.7 Å². The maximum Gasteiger partial charge on any atom is 0.255 e. The number of carbonyl (C=O) groups excluding carboxylic acids is 2. The topological polar surface area (TPSA) is 110 Å². The largest absolute Gasteiger partial charge is 0.383 e. The smallest absolute Gasteiger partial charge is 0.255 e. The molecule has 11 heteroatoms. The lowest BCUT2D eigenvalue weighted by molar-refractivity contribution is -0.190. The van der Waals surface area contributed by atoms with E-state index in [1.165, 1.54) is 28.9 Å². The van der Waals surface area contributed by atoms with Gasteiger partial charge in [0.1, 0.15) is 5.82 Å². The van der Waals surface area contributed by atoms with Gasteiger partial charge in [-0.2, -0.15) is 4.33 Å². The highest BCUT2D eigenvalue weighted by Gasteiger charge is 2.28. The van der Waals surface area contributed by atoms with Crippen LogP contribution in [0.15, 0.2) is 35.4 Å². The summed E-state index contributed by atoms with van der Waals surface area (Å²) in [6, 6.07) is 7.52. The third kappa shape index (κ3) is 10.2. The quantitative estimate of drug-likeness (QED) is 0.102. The number of methoxy groups -OCH3 is 1. The fourth-order valence-corrected chi connectivity index (χ4v) is 5.06. The second-order valence-electron chi connectivity index (χ2n) is 9.55. The fourth-order valence-electron chi connectivity index (χ4n) is 4.46. The first kappa shape index (κ1) is 35.5. The van der Waals surface area contributed by atoms with Gasteiger partial charge in [0.05, 0.1) is 35.7 Å². The van der Waals surface area contributed by atoms with Gasteiger partial charge < -0.3 is 25.2 Å². The molecular weight excluding hydrogens is 554 g/mol. The SMILES string of the molecule is CC.CC.COCCN(C=O)c1ccc(C(=O)N2CCN(c3ncc(C4CC4)cc3C)CC2)c(SOOCCCN)c1. The Morgan fingerprint density at radius 1 is 1.12 bits per heavy atom. The van der Waals surface area contributed by atoms with Crippen molar-refractivity contribution >= 4 is 35.9 Å². The Morgan fingerprint density at radius 3 is 2.43 bits per heavy atom.